The summed E-state index contributed by atoms with van der Waals surface area (Å²) in [4.78, 5) is 0. The highest BCUT2D eigenvalue weighted by Crippen LogP contribution is 2.34. The summed E-state index contributed by atoms with van der Waals surface area (Å²) in [7, 11) is -0.988. The van der Waals surface area contributed by atoms with Crippen molar-refractivity contribution in [2.24, 2.45) is 5.92 Å². The third-order valence-corrected chi connectivity index (χ3v) is 5.41. The van der Waals surface area contributed by atoms with Gasteiger partial charge in [-0.05, 0) is 23.5 Å². The van der Waals surface area contributed by atoms with Gasteiger partial charge in [0.2, 0.25) is 0 Å². The summed E-state index contributed by atoms with van der Waals surface area (Å²) in [5.74, 6) is 0.748. The summed E-state index contributed by atoms with van der Waals surface area (Å²) in [5, 5.41) is 0. The van der Waals surface area contributed by atoms with Gasteiger partial charge < -0.3 is 0 Å². The van der Waals surface area contributed by atoms with Gasteiger partial charge in [-0.3, -0.25) is 0 Å². The molecule has 13 heavy (non-hydrogen) atoms. The minimum atomic E-state index is -0.988. The normalized spacial score (nSPS) is 24.7. The molecular weight excluding hydrogens is 172 g/mol. The van der Waals surface area contributed by atoms with Gasteiger partial charge in [0.1, 0.15) is 0 Å². The van der Waals surface area contributed by atoms with E-state index in [9.17, 15) is 0 Å². The van der Waals surface area contributed by atoms with Gasteiger partial charge in [0, 0.05) is 0 Å². The third-order valence-electron chi connectivity index (χ3n) is 3.05. The van der Waals surface area contributed by atoms with Crippen molar-refractivity contribution in [1.82, 2.24) is 0 Å². The minimum Gasteiger partial charge on any atom is -0.0801 e. The molecule has 2 atom stereocenters. The molecule has 1 aliphatic rings. The summed E-state index contributed by atoms with van der Waals surface area (Å²) < 4.78 is 0. The molecule has 0 heterocycles. The maximum absolute atomic E-state index is 2.50. The van der Waals surface area contributed by atoms with E-state index >= 15 is 0 Å². The highest BCUT2D eigenvalue weighted by atomic mass is 28.3. The topological polar surface area (TPSA) is 0 Å². The second kappa shape index (κ2) is 3.83. The minimum absolute atomic E-state index is 0.748. The lowest BCUT2D eigenvalue weighted by Crippen LogP contribution is -2.24. The second-order valence-electron chi connectivity index (χ2n) is 5.23. The Bertz CT molecular complexity index is 230. The van der Waals surface area contributed by atoms with Crippen molar-refractivity contribution in [1.29, 1.82) is 0 Å². The quantitative estimate of drug-likeness (QED) is 0.590. The molecule has 0 radical (unpaired) electrons. The van der Waals surface area contributed by atoms with Gasteiger partial charge >= 0.3 is 0 Å². The summed E-state index contributed by atoms with van der Waals surface area (Å²) in [5.41, 5.74) is 2.34. The summed E-state index contributed by atoms with van der Waals surface area (Å²) in [6, 6.07) is 0. The van der Waals surface area contributed by atoms with E-state index in [1.54, 1.807) is 5.57 Å². The van der Waals surface area contributed by atoms with Crippen LogP contribution in [0.15, 0.2) is 23.8 Å². The molecule has 74 valence electrons. The fraction of sp³-hybridized carbons (Fsp3) is 0.667. The van der Waals surface area contributed by atoms with Crippen molar-refractivity contribution in [3.05, 3.63) is 23.8 Å². The van der Waals surface area contributed by atoms with Crippen molar-refractivity contribution >= 4 is 8.07 Å². The molecule has 0 aromatic rings. The van der Waals surface area contributed by atoms with E-state index in [1.807, 2.05) is 0 Å². The summed E-state index contributed by atoms with van der Waals surface area (Å²) in [6.07, 6.45) is 8.51. The molecule has 0 fully saturated rings. The Morgan fingerprint density at radius 1 is 1.38 bits per heavy atom. The Balaban J connectivity index is 2.71. The standard InChI is InChI=1S/C12H22Si/c1-6-10(2)11-7-8-12(9-11)13(3,4)5/h7-10,12H,6H2,1-5H3. The van der Waals surface area contributed by atoms with Crippen LogP contribution in [0, 0.1) is 5.92 Å². The van der Waals surface area contributed by atoms with E-state index in [2.05, 4.69) is 51.7 Å². The zero-order valence-corrected chi connectivity index (χ0v) is 10.6. The fourth-order valence-electron chi connectivity index (χ4n) is 1.64. The maximum atomic E-state index is 2.50. The molecule has 0 aliphatic heterocycles. The molecule has 0 aromatic heterocycles. The van der Waals surface area contributed by atoms with E-state index < -0.39 is 8.07 Å². The lowest BCUT2D eigenvalue weighted by atomic mass is 10.0. The first-order valence-electron chi connectivity index (χ1n) is 5.35. The molecule has 0 aromatic carbocycles. The first-order chi connectivity index (χ1) is 5.95. The molecular formula is C12H22Si. The van der Waals surface area contributed by atoms with Crippen LogP contribution < -0.4 is 0 Å². The zero-order chi connectivity index (χ0) is 10.1. The summed E-state index contributed by atoms with van der Waals surface area (Å²) in [6.45, 7) is 11.9. The Morgan fingerprint density at radius 3 is 2.38 bits per heavy atom. The monoisotopic (exact) mass is 194 g/mol. The van der Waals surface area contributed by atoms with Crippen molar-refractivity contribution in [3.8, 4) is 0 Å². The lowest BCUT2D eigenvalue weighted by molar-refractivity contribution is 0.671. The van der Waals surface area contributed by atoms with E-state index in [4.69, 9.17) is 0 Å². The largest absolute Gasteiger partial charge is 0.0801 e. The molecule has 0 spiro atoms. The first-order valence-corrected chi connectivity index (χ1v) is 8.92. The SMILES string of the molecule is CCC(C)C1=CC([Si](C)(C)C)C=C1. The Kier molecular flexibility index (Phi) is 3.17. The van der Waals surface area contributed by atoms with Crippen LogP contribution in [0.2, 0.25) is 25.2 Å². The number of rotatable bonds is 3. The van der Waals surface area contributed by atoms with Crippen LogP contribution in [0.5, 0.6) is 0 Å². The zero-order valence-electron chi connectivity index (χ0n) is 9.59. The molecule has 1 aliphatic carbocycles. The average molecular weight is 194 g/mol. The van der Waals surface area contributed by atoms with Crippen LogP contribution in [0.25, 0.3) is 0 Å². The van der Waals surface area contributed by atoms with E-state index in [0.717, 1.165) is 11.5 Å². The van der Waals surface area contributed by atoms with Gasteiger partial charge in [-0.1, -0.05) is 51.7 Å². The van der Waals surface area contributed by atoms with Crippen LogP contribution in [-0.4, -0.2) is 8.07 Å². The molecule has 2 unspecified atom stereocenters. The molecule has 0 amide bonds. The van der Waals surface area contributed by atoms with Gasteiger partial charge in [-0.25, -0.2) is 0 Å². The van der Waals surface area contributed by atoms with E-state index in [0.29, 0.717) is 0 Å². The lowest BCUT2D eigenvalue weighted by Gasteiger charge is -2.21. The molecule has 0 bridgehead atoms. The molecule has 0 nitrogen and oxygen atoms in total. The first kappa shape index (κ1) is 10.8. The van der Waals surface area contributed by atoms with Crippen molar-refractivity contribution in [2.45, 2.75) is 45.5 Å². The number of hydrogen-bond donors (Lipinski definition) is 0. The Hall–Kier alpha value is -0.303. The Morgan fingerprint density at radius 2 is 2.00 bits per heavy atom. The van der Waals surface area contributed by atoms with Crippen LogP contribution in [0.4, 0.5) is 0 Å². The number of hydrogen-bond acceptors (Lipinski definition) is 0. The fourth-order valence-corrected chi connectivity index (χ4v) is 3.00. The van der Waals surface area contributed by atoms with Crippen LogP contribution in [0.3, 0.4) is 0 Å². The van der Waals surface area contributed by atoms with Crippen molar-refractivity contribution in [2.75, 3.05) is 0 Å². The van der Waals surface area contributed by atoms with Crippen LogP contribution in [0.1, 0.15) is 20.3 Å². The van der Waals surface area contributed by atoms with Crippen molar-refractivity contribution < 1.29 is 0 Å². The van der Waals surface area contributed by atoms with Gasteiger partial charge in [-0.15, -0.1) is 0 Å². The van der Waals surface area contributed by atoms with E-state index in [-0.39, 0.29) is 0 Å². The van der Waals surface area contributed by atoms with Crippen LogP contribution >= 0.6 is 0 Å². The molecule has 1 heteroatoms. The molecule has 0 saturated heterocycles. The summed E-state index contributed by atoms with van der Waals surface area (Å²) >= 11 is 0. The predicted octanol–water partition coefficient (Wildman–Crippen LogP) is 4.24. The highest BCUT2D eigenvalue weighted by Gasteiger charge is 2.26. The highest BCUT2D eigenvalue weighted by molar-refractivity contribution is 6.78. The predicted molar refractivity (Wildman–Crippen MR) is 63.8 cm³/mol. The molecule has 1 rings (SSSR count). The Labute approximate surface area is 83.7 Å². The molecule has 0 N–H and O–H groups in total. The van der Waals surface area contributed by atoms with E-state index in [1.165, 1.54) is 6.42 Å². The number of allylic oxidation sites excluding steroid dienone is 4. The van der Waals surface area contributed by atoms with Gasteiger partial charge in [0.05, 0.1) is 8.07 Å². The smallest absolute Gasteiger partial charge is 0.0558 e. The maximum Gasteiger partial charge on any atom is 0.0558 e. The molecule has 0 saturated carbocycles. The van der Waals surface area contributed by atoms with Crippen molar-refractivity contribution in [3.63, 3.8) is 0 Å². The van der Waals surface area contributed by atoms with Gasteiger partial charge in [0.15, 0.2) is 0 Å². The second-order valence-corrected chi connectivity index (χ2v) is 10.6. The average Bonchev–Trinajstić information content (AvgIpc) is 2.50. The van der Waals surface area contributed by atoms with Gasteiger partial charge in [0.25, 0.3) is 0 Å². The third kappa shape index (κ3) is 2.57. The van der Waals surface area contributed by atoms with Crippen LogP contribution in [-0.2, 0) is 0 Å². The van der Waals surface area contributed by atoms with Gasteiger partial charge in [-0.2, -0.15) is 0 Å².